The molecule has 1 unspecified atom stereocenters. The summed E-state index contributed by atoms with van der Waals surface area (Å²) in [6, 6.07) is 6.08. The number of carbonyl (C=O) groups excluding carboxylic acids is 1. The van der Waals surface area contributed by atoms with E-state index in [1.54, 1.807) is 17.0 Å². The highest BCUT2D eigenvalue weighted by Gasteiger charge is 2.35. The lowest BCUT2D eigenvalue weighted by molar-refractivity contribution is 0.0777. The Morgan fingerprint density at radius 3 is 2.40 bits per heavy atom. The van der Waals surface area contributed by atoms with E-state index in [1.165, 1.54) is 12.1 Å². The summed E-state index contributed by atoms with van der Waals surface area (Å²) in [5, 5.41) is 0. The summed E-state index contributed by atoms with van der Waals surface area (Å²) >= 11 is 0. The lowest BCUT2D eigenvalue weighted by Gasteiger charge is -2.22. The molecule has 1 aliphatic heterocycles. The van der Waals surface area contributed by atoms with Crippen LogP contribution in [0.1, 0.15) is 23.7 Å². The highest BCUT2D eigenvalue weighted by molar-refractivity contribution is 7.90. The van der Waals surface area contributed by atoms with Crippen molar-refractivity contribution in [1.29, 1.82) is 0 Å². The lowest BCUT2D eigenvalue weighted by atomic mass is 9.90. The number of nitrogens with two attached hydrogens (primary N) is 1. The maximum atomic E-state index is 12.3. The Hall–Kier alpha value is -1.40. The first-order valence-corrected chi connectivity index (χ1v) is 8.44. The smallest absolute Gasteiger partial charge is 0.253 e. The van der Waals surface area contributed by atoms with Gasteiger partial charge in [-0.3, -0.25) is 4.79 Å². The fraction of sp³-hybridized carbons (Fsp3) is 0.500. The van der Waals surface area contributed by atoms with Gasteiger partial charge in [-0.2, -0.15) is 0 Å². The summed E-state index contributed by atoms with van der Waals surface area (Å²) in [6.07, 6.45) is 2.05. The summed E-state index contributed by atoms with van der Waals surface area (Å²) in [7, 11) is -3.23. The molecule has 1 saturated heterocycles. The van der Waals surface area contributed by atoms with Crippen molar-refractivity contribution in [2.24, 2.45) is 11.1 Å². The minimum absolute atomic E-state index is 0.0115. The van der Waals surface area contributed by atoms with E-state index in [-0.39, 0.29) is 16.2 Å². The first-order valence-electron chi connectivity index (χ1n) is 6.55. The van der Waals surface area contributed by atoms with Gasteiger partial charge in [0.1, 0.15) is 0 Å². The van der Waals surface area contributed by atoms with Gasteiger partial charge in [0.15, 0.2) is 9.84 Å². The minimum Gasteiger partial charge on any atom is -0.338 e. The second kappa shape index (κ2) is 5.18. The quantitative estimate of drug-likeness (QED) is 0.898. The van der Waals surface area contributed by atoms with Gasteiger partial charge < -0.3 is 10.6 Å². The molecule has 1 aliphatic rings. The standard InChI is InChI=1S/C14H20N2O3S/c1-14(9-15)7-8-16(10-14)13(17)11-3-5-12(6-4-11)20(2,18)19/h3-6H,7-10,15H2,1-2H3. The predicted molar refractivity (Wildman–Crippen MR) is 77.2 cm³/mol. The average molecular weight is 296 g/mol. The van der Waals surface area contributed by atoms with Crippen molar-refractivity contribution < 1.29 is 13.2 Å². The molecule has 110 valence electrons. The number of benzene rings is 1. The SMILES string of the molecule is CC1(CN)CCN(C(=O)c2ccc(S(C)(=O)=O)cc2)C1. The van der Waals surface area contributed by atoms with Crippen molar-refractivity contribution in [3.05, 3.63) is 29.8 Å². The van der Waals surface area contributed by atoms with Crippen LogP contribution in [-0.4, -0.2) is 45.1 Å². The molecular formula is C14H20N2O3S. The molecule has 1 heterocycles. The first-order chi connectivity index (χ1) is 9.25. The van der Waals surface area contributed by atoms with Crippen LogP contribution in [0.5, 0.6) is 0 Å². The normalized spacial score (nSPS) is 23.1. The van der Waals surface area contributed by atoms with Crippen LogP contribution < -0.4 is 5.73 Å². The third kappa shape index (κ3) is 3.02. The van der Waals surface area contributed by atoms with Crippen LogP contribution >= 0.6 is 0 Å². The minimum atomic E-state index is -3.23. The molecule has 1 amide bonds. The molecule has 0 bridgehead atoms. The van der Waals surface area contributed by atoms with Gasteiger partial charge in [-0.05, 0) is 42.6 Å². The first kappa shape index (κ1) is 15.0. The second-order valence-electron chi connectivity index (χ2n) is 5.79. The predicted octanol–water partition coefficient (Wildman–Crippen LogP) is 0.901. The van der Waals surface area contributed by atoms with Crippen LogP contribution in [0, 0.1) is 5.41 Å². The van der Waals surface area contributed by atoms with Crippen LogP contribution in [-0.2, 0) is 9.84 Å². The molecular weight excluding hydrogens is 276 g/mol. The topological polar surface area (TPSA) is 80.5 Å². The molecule has 5 nitrogen and oxygen atoms in total. The van der Waals surface area contributed by atoms with Crippen LogP contribution in [0.4, 0.5) is 0 Å². The Morgan fingerprint density at radius 2 is 1.95 bits per heavy atom. The molecule has 1 atom stereocenters. The maximum Gasteiger partial charge on any atom is 0.253 e. The van der Waals surface area contributed by atoms with Crippen LogP contribution in [0.15, 0.2) is 29.2 Å². The number of nitrogens with zero attached hydrogens (tertiary/aromatic N) is 1. The molecule has 1 aromatic rings. The Balaban J connectivity index is 2.15. The Labute approximate surface area is 119 Å². The van der Waals surface area contributed by atoms with Gasteiger partial charge >= 0.3 is 0 Å². The highest BCUT2D eigenvalue weighted by atomic mass is 32.2. The molecule has 20 heavy (non-hydrogen) atoms. The van der Waals surface area contributed by atoms with Crippen molar-refractivity contribution in [3.8, 4) is 0 Å². The summed E-state index contributed by atoms with van der Waals surface area (Å²) in [4.78, 5) is 14.4. The van der Waals surface area contributed by atoms with Gasteiger partial charge in [0.25, 0.3) is 5.91 Å². The summed E-state index contributed by atoms with van der Waals surface area (Å²) in [5.74, 6) is -0.0674. The molecule has 1 fully saturated rings. The molecule has 0 radical (unpaired) electrons. The van der Waals surface area contributed by atoms with E-state index in [0.717, 1.165) is 12.7 Å². The number of sulfone groups is 1. The Bertz CT molecular complexity index is 610. The number of likely N-dealkylation sites (tertiary alicyclic amines) is 1. The van der Waals surface area contributed by atoms with Gasteiger partial charge in [0.05, 0.1) is 4.90 Å². The summed E-state index contributed by atoms with van der Waals surface area (Å²) in [6.45, 7) is 3.98. The fourth-order valence-electron chi connectivity index (χ4n) is 2.39. The average Bonchev–Trinajstić information content (AvgIpc) is 2.80. The van der Waals surface area contributed by atoms with E-state index in [0.29, 0.717) is 25.2 Å². The van der Waals surface area contributed by atoms with Crippen LogP contribution in [0.25, 0.3) is 0 Å². The largest absolute Gasteiger partial charge is 0.338 e. The fourth-order valence-corrected chi connectivity index (χ4v) is 3.02. The number of rotatable bonds is 3. The van der Waals surface area contributed by atoms with Crippen molar-refractivity contribution in [2.75, 3.05) is 25.9 Å². The van der Waals surface area contributed by atoms with E-state index in [9.17, 15) is 13.2 Å². The van der Waals surface area contributed by atoms with Crippen molar-refractivity contribution in [2.45, 2.75) is 18.2 Å². The third-order valence-electron chi connectivity index (χ3n) is 3.87. The molecule has 0 aliphatic carbocycles. The molecule has 2 rings (SSSR count). The van der Waals surface area contributed by atoms with Gasteiger partial charge in [0, 0.05) is 24.9 Å². The van der Waals surface area contributed by atoms with E-state index < -0.39 is 9.84 Å². The zero-order chi connectivity index (χ0) is 15.0. The second-order valence-corrected chi connectivity index (χ2v) is 7.80. The zero-order valence-corrected chi connectivity index (χ0v) is 12.6. The van der Waals surface area contributed by atoms with Gasteiger partial charge in [-0.25, -0.2) is 8.42 Å². The van der Waals surface area contributed by atoms with E-state index in [1.807, 2.05) is 0 Å². The van der Waals surface area contributed by atoms with Crippen LogP contribution in [0.3, 0.4) is 0 Å². The molecule has 6 heteroatoms. The number of amides is 1. The molecule has 0 aromatic heterocycles. The maximum absolute atomic E-state index is 12.3. The number of carbonyl (C=O) groups is 1. The molecule has 2 N–H and O–H groups in total. The van der Waals surface area contributed by atoms with Crippen molar-refractivity contribution >= 4 is 15.7 Å². The molecule has 0 spiro atoms. The van der Waals surface area contributed by atoms with Gasteiger partial charge in [-0.1, -0.05) is 6.92 Å². The third-order valence-corrected chi connectivity index (χ3v) is 5.00. The lowest BCUT2D eigenvalue weighted by Crippen LogP contribution is -2.34. The molecule has 0 saturated carbocycles. The van der Waals surface area contributed by atoms with Crippen LogP contribution in [0.2, 0.25) is 0 Å². The Kier molecular flexibility index (Phi) is 3.88. The van der Waals surface area contributed by atoms with E-state index in [4.69, 9.17) is 5.73 Å². The van der Waals surface area contributed by atoms with Crippen molar-refractivity contribution in [1.82, 2.24) is 4.90 Å². The zero-order valence-electron chi connectivity index (χ0n) is 11.8. The summed E-state index contributed by atoms with van der Waals surface area (Å²) in [5.41, 5.74) is 6.23. The number of hydrogen-bond acceptors (Lipinski definition) is 4. The van der Waals surface area contributed by atoms with E-state index >= 15 is 0 Å². The number of hydrogen-bond donors (Lipinski definition) is 1. The molecule has 1 aromatic carbocycles. The van der Waals surface area contributed by atoms with E-state index in [2.05, 4.69) is 6.92 Å². The van der Waals surface area contributed by atoms with Gasteiger partial charge in [0.2, 0.25) is 0 Å². The van der Waals surface area contributed by atoms with Crippen molar-refractivity contribution in [3.63, 3.8) is 0 Å². The highest BCUT2D eigenvalue weighted by Crippen LogP contribution is 2.29. The Morgan fingerprint density at radius 1 is 1.35 bits per heavy atom. The summed E-state index contributed by atoms with van der Waals surface area (Å²) < 4.78 is 22.8. The van der Waals surface area contributed by atoms with Gasteiger partial charge in [-0.15, -0.1) is 0 Å². The monoisotopic (exact) mass is 296 g/mol.